The number of benzene rings is 3. The summed E-state index contributed by atoms with van der Waals surface area (Å²) in [5, 5.41) is 3.00. The van der Waals surface area contributed by atoms with Crippen LogP contribution in [0.3, 0.4) is 0 Å². The van der Waals surface area contributed by atoms with Gasteiger partial charge in [-0.2, -0.15) is 0 Å². The SMILES string of the molecule is Cc1ccc(S(=O)(=O)N(CC(=O)NC(C)c2ccc(N3CCC(C)CC3)cc2)c2cc(C)cc(C)c2)cc1. The monoisotopic (exact) mass is 533 g/mol. The third-order valence-corrected chi connectivity index (χ3v) is 9.10. The van der Waals surface area contributed by atoms with Crippen LogP contribution in [0.5, 0.6) is 0 Å². The van der Waals surface area contributed by atoms with Crippen LogP contribution in [0.2, 0.25) is 0 Å². The number of hydrogen-bond acceptors (Lipinski definition) is 4. The quantitative estimate of drug-likeness (QED) is 0.390. The maximum Gasteiger partial charge on any atom is 0.264 e. The van der Waals surface area contributed by atoms with Crippen LogP contribution in [0.25, 0.3) is 0 Å². The Hall–Kier alpha value is -3.32. The molecule has 0 spiro atoms. The highest BCUT2D eigenvalue weighted by atomic mass is 32.2. The first kappa shape index (κ1) is 27.7. The molecule has 0 aliphatic carbocycles. The van der Waals surface area contributed by atoms with Crippen LogP contribution in [-0.4, -0.2) is 34.0 Å². The summed E-state index contributed by atoms with van der Waals surface area (Å²) in [4.78, 5) is 15.8. The van der Waals surface area contributed by atoms with Crippen LogP contribution < -0.4 is 14.5 Å². The third kappa shape index (κ3) is 6.57. The Labute approximate surface area is 227 Å². The summed E-state index contributed by atoms with van der Waals surface area (Å²) >= 11 is 0. The van der Waals surface area contributed by atoms with Gasteiger partial charge in [0.05, 0.1) is 16.6 Å². The summed E-state index contributed by atoms with van der Waals surface area (Å²) in [5.74, 6) is 0.417. The second-order valence-electron chi connectivity index (χ2n) is 10.7. The molecule has 1 N–H and O–H groups in total. The molecule has 3 aromatic rings. The predicted molar refractivity (Wildman–Crippen MR) is 155 cm³/mol. The molecule has 7 heteroatoms. The second-order valence-corrected chi connectivity index (χ2v) is 12.6. The molecule has 1 unspecified atom stereocenters. The van der Waals surface area contributed by atoms with E-state index in [-0.39, 0.29) is 23.4 Å². The van der Waals surface area contributed by atoms with Crippen LogP contribution in [0, 0.1) is 26.7 Å². The van der Waals surface area contributed by atoms with Gasteiger partial charge in [0.25, 0.3) is 10.0 Å². The van der Waals surface area contributed by atoms with Crippen molar-refractivity contribution in [3.63, 3.8) is 0 Å². The molecular weight excluding hydrogens is 494 g/mol. The molecule has 1 atom stereocenters. The van der Waals surface area contributed by atoms with Crippen LogP contribution in [0.15, 0.2) is 71.6 Å². The molecule has 3 aromatic carbocycles. The number of sulfonamides is 1. The maximum atomic E-state index is 13.7. The smallest absolute Gasteiger partial charge is 0.264 e. The number of piperidine rings is 1. The van der Waals surface area contributed by atoms with E-state index in [1.165, 1.54) is 22.8 Å². The van der Waals surface area contributed by atoms with Gasteiger partial charge < -0.3 is 10.2 Å². The lowest BCUT2D eigenvalue weighted by Gasteiger charge is -2.32. The van der Waals surface area contributed by atoms with Gasteiger partial charge in [-0.1, -0.05) is 42.8 Å². The van der Waals surface area contributed by atoms with Crippen LogP contribution in [0.1, 0.15) is 55.0 Å². The molecule has 1 fully saturated rings. The molecule has 1 amide bonds. The minimum atomic E-state index is -3.95. The average molecular weight is 534 g/mol. The Morgan fingerprint density at radius 1 is 0.921 bits per heavy atom. The van der Waals surface area contributed by atoms with Crippen molar-refractivity contribution in [2.45, 2.75) is 58.4 Å². The van der Waals surface area contributed by atoms with E-state index in [4.69, 9.17) is 0 Å². The van der Waals surface area contributed by atoms with Gasteiger partial charge in [-0.25, -0.2) is 8.42 Å². The first-order valence-electron chi connectivity index (χ1n) is 13.3. The predicted octanol–water partition coefficient (Wildman–Crippen LogP) is 5.92. The number of rotatable bonds is 8. The van der Waals surface area contributed by atoms with Gasteiger partial charge in [-0.3, -0.25) is 9.10 Å². The summed E-state index contributed by atoms with van der Waals surface area (Å²) in [6.45, 7) is 11.8. The van der Waals surface area contributed by atoms with E-state index < -0.39 is 10.0 Å². The van der Waals surface area contributed by atoms with E-state index in [2.05, 4.69) is 29.3 Å². The molecule has 4 rings (SSSR count). The lowest BCUT2D eigenvalue weighted by molar-refractivity contribution is -0.120. The largest absolute Gasteiger partial charge is 0.372 e. The lowest BCUT2D eigenvalue weighted by Crippen LogP contribution is -2.41. The van der Waals surface area contributed by atoms with Crippen molar-refractivity contribution in [2.75, 3.05) is 28.8 Å². The number of anilines is 2. The normalized spacial score (nSPS) is 15.2. The Bertz CT molecular complexity index is 1340. The third-order valence-electron chi connectivity index (χ3n) is 7.31. The second kappa shape index (κ2) is 11.6. The number of hydrogen-bond donors (Lipinski definition) is 1. The van der Waals surface area contributed by atoms with Gasteiger partial charge in [0.15, 0.2) is 0 Å². The fourth-order valence-corrected chi connectivity index (χ4v) is 6.39. The molecule has 0 aromatic heterocycles. The summed E-state index contributed by atoms with van der Waals surface area (Å²) in [5.41, 5.74) is 5.49. The molecule has 6 nitrogen and oxygen atoms in total. The molecule has 1 saturated heterocycles. The number of carbonyl (C=O) groups is 1. The van der Waals surface area contributed by atoms with Crippen molar-refractivity contribution >= 4 is 27.3 Å². The molecule has 0 bridgehead atoms. The van der Waals surface area contributed by atoms with Crippen molar-refractivity contribution in [1.82, 2.24) is 5.32 Å². The van der Waals surface area contributed by atoms with Crippen molar-refractivity contribution in [3.8, 4) is 0 Å². The highest BCUT2D eigenvalue weighted by Crippen LogP contribution is 2.27. The first-order valence-corrected chi connectivity index (χ1v) is 14.8. The summed E-state index contributed by atoms with van der Waals surface area (Å²) in [7, 11) is -3.95. The van der Waals surface area contributed by atoms with E-state index in [1.54, 1.807) is 36.4 Å². The van der Waals surface area contributed by atoms with E-state index in [1.807, 2.05) is 45.9 Å². The zero-order valence-corrected chi connectivity index (χ0v) is 23.9. The van der Waals surface area contributed by atoms with E-state index in [0.717, 1.165) is 41.3 Å². The standard InChI is InChI=1S/C31H39N3O3S/c1-22-6-12-30(13-7-22)38(36,37)34(29-19-24(3)18-25(4)20-29)21-31(35)32-26(5)27-8-10-28(11-9-27)33-16-14-23(2)15-17-33/h6-13,18-20,23,26H,14-17,21H2,1-5H3,(H,32,35). The Balaban J connectivity index is 1.52. The minimum absolute atomic E-state index is 0.158. The van der Waals surface area contributed by atoms with Crippen molar-refractivity contribution < 1.29 is 13.2 Å². The van der Waals surface area contributed by atoms with E-state index >= 15 is 0 Å². The Morgan fingerprint density at radius 3 is 2.08 bits per heavy atom. The molecule has 0 radical (unpaired) electrons. The topological polar surface area (TPSA) is 69.7 Å². The minimum Gasteiger partial charge on any atom is -0.372 e. The van der Waals surface area contributed by atoms with Crippen LogP contribution in [0.4, 0.5) is 11.4 Å². The number of nitrogens with zero attached hydrogens (tertiary/aromatic N) is 2. The lowest BCUT2D eigenvalue weighted by atomic mass is 9.98. The van der Waals surface area contributed by atoms with Gasteiger partial charge in [-0.05, 0) is 99.5 Å². The first-order chi connectivity index (χ1) is 18.0. The highest BCUT2D eigenvalue weighted by molar-refractivity contribution is 7.92. The number of aryl methyl sites for hydroxylation is 3. The van der Waals surface area contributed by atoms with Crippen LogP contribution >= 0.6 is 0 Å². The molecule has 1 heterocycles. The summed E-state index contributed by atoms with van der Waals surface area (Å²) < 4.78 is 28.6. The molecule has 1 aliphatic rings. The summed E-state index contributed by atoms with van der Waals surface area (Å²) in [6.07, 6.45) is 2.41. The molecule has 202 valence electrons. The Morgan fingerprint density at radius 2 is 1.50 bits per heavy atom. The molecule has 1 aliphatic heterocycles. The number of amides is 1. The fraction of sp³-hybridized carbons (Fsp3) is 0.387. The van der Waals surface area contributed by atoms with E-state index in [0.29, 0.717) is 5.69 Å². The maximum absolute atomic E-state index is 13.7. The van der Waals surface area contributed by atoms with Crippen molar-refractivity contribution in [1.29, 1.82) is 0 Å². The van der Waals surface area contributed by atoms with Crippen molar-refractivity contribution in [2.24, 2.45) is 5.92 Å². The Kier molecular flexibility index (Phi) is 8.46. The number of carbonyl (C=O) groups excluding carboxylic acids is 1. The van der Waals surface area contributed by atoms with Gasteiger partial charge in [0.1, 0.15) is 6.54 Å². The van der Waals surface area contributed by atoms with Gasteiger partial charge in [0, 0.05) is 18.8 Å². The van der Waals surface area contributed by atoms with Gasteiger partial charge in [0.2, 0.25) is 5.91 Å². The van der Waals surface area contributed by atoms with Crippen LogP contribution in [-0.2, 0) is 14.8 Å². The van der Waals surface area contributed by atoms with Crippen molar-refractivity contribution in [3.05, 3.63) is 89.0 Å². The molecule has 38 heavy (non-hydrogen) atoms. The van der Waals surface area contributed by atoms with Gasteiger partial charge >= 0.3 is 0 Å². The van der Waals surface area contributed by atoms with Gasteiger partial charge in [-0.15, -0.1) is 0 Å². The zero-order valence-electron chi connectivity index (χ0n) is 23.1. The fourth-order valence-electron chi connectivity index (χ4n) is 4.99. The van der Waals surface area contributed by atoms with E-state index in [9.17, 15) is 13.2 Å². The average Bonchev–Trinajstić information content (AvgIpc) is 2.87. The molecule has 0 saturated carbocycles. The molecular formula is C31H39N3O3S. The number of nitrogens with one attached hydrogen (secondary N) is 1. The zero-order chi connectivity index (χ0) is 27.4. The summed E-state index contributed by atoms with van der Waals surface area (Å²) in [6, 6.07) is 20.3. The highest BCUT2D eigenvalue weighted by Gasteiger charge is 2.28.